The maximum atomic E-state index is 5.54. The summed E-state index contributed by atoms with van der Waals surface area (Å²) in [4.78, 5) is 0. The van der Waals surface area contributed by atoms with E-state index in [9.17, 15) is 0 Å². The number of benzene rings is 1. The highest BCUT2D eigenvalue weighted by atomic mass is 16.5. The van der Waals surface area contributed by atoms with E-state index in [1.807, 2.05) is 0 Å². The van der Waals surface area contributed by atoms with E-state index in [2.05, 4.69) is 57.3 Å². The van der Waals surface area contributed by atoms with Gasteiger partial charge in [-0.05, 0) is 44.4 Å². The normalized spacial score (nSPS) is 13.6. The minimum atomic E-state index is -0.101. The van der Waals surface area contributed by atoms with E-state index in [4.69, 9.17) is 4.74 Å². The van der Waals surface area contributed by atoms with Crippen LogP contribution >= 0.6 is 0 Å². The van der Waals surface area contributed by atoms with Crippen molar-refractivity contribution in [1.29, 1.82) is 0 Å². The molecule has 2 heteroatoms. The van der Waals surface area contributed by atoms with Gasteiger partial charge in [0.1, 0.15) is 0 Å². The molecule has 1 aromatic rings. The Morgan fingerprint density at radius 2 is 1.78 bits per heavy atom. The Bertz CT molecular complexity index is 343. The first kappa shape index (κ1) is 15.2. The third kappa shape index (κ3) is 4.43. The summed E-state index contributed by atoms with van der Waals surface area (Å²) in [7, 11) is 1.78. The van der Waals surface area contributed by atoms with Crippen molar-refractivity contribution in [3.63, 3.8) is 0 Å². The largest absolute Gasteiger partial charge is 0.379 e. The minimum Gasteiger partial charge on any atom is -0.379 e. The maximum Gasteiger partial charge on any atom is 0.0640 e. The average Bonchev–Trinajstić information content (AvgIpc) is 2.38. The summed E-state index contributed by atoms with van der Waals surface area (Å²) in [5.74, 6) is 0. The Balaban J connectivity index is 2.82. The first-order valence-corrected chi connectivity index (χ1v) is 6.89. The first-order chi connectivity index (χ1) is 8.52. The number of rotatable bonds is 7. The summed E-state index contributed by atoms with van der Waals surface area (Å²) >= 11 is 0. The highest BCUT2D eigenvalue weighted by Gasteiger charge is 2.23. The van der Waals surface area contributed by atoms with E-state index in [1.165, 1.54) is 11.1 Å². The van der Waals surface area contributed by atoms with Crippen LogP contribution in [0.15, 0.2) is 24.3 Å². The smallest absolute Gasteiger partial charge is 0.0640 e. The van der Waals surface area contributed by atoms with Crippen LogP contribution in [-0.4, -0.2) is 19.3 Å². The number of hydrogen-bond donors (Lipinski definition) is 1. The van der Waals surface area contributed by atoms with Gasteiger partial charge in [0.25, 0.3) is 0 Å². The molecular weight excluding hydrogens is 222 g/mol. The van der Waals surface area contributed by atoms with Gasteiger partial charge in [0, 0.05) is 13.2 Å². The standard InChI is InChI=1S/C16H27NO/c1-6-13-8-10-14(11-9-13)15(17-7-2)12-16(3,4)18-5/h8-11,15,17H,6-7,12H2,1-5H3. The summed E-state index contributed by atoms with van der Waals surface area (Å²) in [5.41, 5.74) is 2.63. The molecule has 0 aliphatic rings. The second-order valence-corrected chi connectivity index (χ2v) is 5.37. The van der Waals surface area contributed by atoms with E-state index in [0.717, 1.165) is 19.4 Å². The lowest BCUT2D eigenvalue weighted by atomic mass is 9.93. The Labute approximate surface area is 112 Å². The topological polar surface area (TPSA) is 21.3 Å². The highest BCUT2D eigenvalue weighted by molar-refractivity contribution is 5.25. The molecular formula is C16H27NO. The van der Waals surface area contributed by atoms with E-state index in [-0.39, 0.29) is 5.60 Å². The number of methoxy groups -OCH3 is 1. The molecule has 0 saturated carbocycles. The lowest BCUT2D eigenvalue weighted by Crippen LogP contribution is -2.32. The fourth-order valence-corrected chi connectivity index (χ4v) is 2.11. The summed E-state index contributed by atoms with van der Waals surface area (Å²) in [6.07, 6.45) is 2.07. The van der Waals surface area contributed by atoms with Gasteiger partial charge in [-0.1, -0.05) is 38.1 Å². The zero-order valence-corrected chi connectivity index (χ0v) is 12.4. The van der Waals surface area contributed by atoms with Crippen LogP contribution in [0.25, 0.3) is 0 Å². The van der Waals surface area contributed by atoms with Gasteiger partial charge in [0.15, 0.2) is 0 Å². The third-order valence-electron chi connectivity index (χ3n) is 3.49. The summed E-state index contributed by atoms with van der Waals surface area (Å²) in [6.45, 7) is 9.58. The highest BCUT2D eigenvalue weighted by Crippen LogP contribution is 2.26. The molecule has 1 unspecified atom stereocenters. The van der Waals surface area contributed by atoms with Crippen molar-refractivity contribution in [1.82, 2.24) is 5.32 Å². The minimum absolute atomic E-state index is 0.101. The van der Waals surface area contributed by atoms with Gasteiger partial charge in [-0.3, -0.25) is 0 Å². The second kappa shape index (κ2) is 6.91. The molecule has 2 nitrogen and oxygen atoms in total. The lowest BCUT2D eigenvalue weighted by molar-refractivity contribution is 0.00697. The van der Waals surface area contributed by atoms with Crippen molar-refractivity contribution >= 4 is 0 Å². The van der Waals surface area contributed by atoms with Gasteiger partial charge in [0.2, 0.25) is 0 Å². The zero-order valence-electron chi connectivity index (χ0n) is 12.4. The van der Waals surface area contributed by atoms with Crippen molar-refractivity contribution in [2.45, 2.75) is 52.2 Å². The number of aryl methyl sites for hydroxylation is 1. The average molecular weight is 249 g/mol. The van der Waals surface area contributed by atoms with Crippen LogP contribution in [0.3, 0.4) is 0 Å². The van der Waals surface area contributed by atoms with Gasteiger partial charge in [-0.2, -0.15) is 0 Å². The van der Waals surface area contributed by atoms with E-state index >= 15 is 0 Å². The Kier molecular flexibility index (Phi) is 5.83. The molecule has 18 heavy (non-hydrogen) atoms. The summed E-state index contributed by atoms with van der Waals surface area (Å²) in [5, 5.41) is 3.55. The fourth-order valence-electron chi connectivity index (χ4n) is 2.11. The molecule has 0 amide bonds. The fraction of sp³-hybridized carbons (Fsp3) is 0.625. The SMILES string of the molecule is CCNC(CC(C)(C)OC)c1ccc(CC)cc1. The maximum absolute atomic E-state index is 5.54. The van der Waals surface area contributed by atoms with Crippen LogP contribution in [-0.2, 0) is 11.2 Å². The van der Waals surface area contributed by atoms with Gasteiger partial charge >= 0.3 is 0 Å². The van der Waals surface area contributed by atoms with E-state index in [0.29, 0.717) is 6.04 Å². The van der Waals surface area contributed by atoms with Crippen molar-refractivity contribution in [3.05, 3.63) is 35.4 Å². The van der Waals surface area contributed by atoms with E-state index in [1.54, 1.807) is 7.11 Å². The molecule has 0 saturated heterocycles. The number of ether oxygens (including phenoxy) is 1. The van der Waals surface area contributed by atoms with Gasteiger partial charge < -0.3 is 10.1 Å². The van der Waals surface area contributed by atoms with Crippen LogP contribution in [0, 0.1) is 0 Å². The molecule has 0 aromatic heterocycles. The molecule has 0 spiro atoms. The predicted octanol–water partition coefficient (Wildman–Crippen LogP) is 3.71. The van der Waals surface area contributed by atoms with Crippen LogP contribution < -0.4 is 5.32 Å². The monoisotopic (exact) mass is 249 g/mol. The molecule has 1 rings (SSSR count). The zero-order chi connectivity index (χ0) is 13.6. The molecule has 0 radical (unpaired) electrons. The lowest BCUT2D eigenvalue weighted by Gasteiger charge is -2.29. The van der Waals surface area contributed by atoms with Crippen molar-refractivity contribution in [2.75, 3.05) is 13.7 Å². The molecule has 0 aliphatic carbocycles. The van der Waals surface area contributed by atoms with Crippen LogP contribution in [0.2, 0.25) is 0 Å². The molecule has 0 heterocycles. The van der Waals surface area contributed by atoms with Crippen molar-refractivity contribution in [3.8, 4) is 0 Å². The Morgan fingerprint density at radius 3 is 2.22 bits per heavy atom. The Hall–Kier alpha value is -0.860. The number of nitrogens with one attached hydrogen (secondary N) is 1. The van der Waals surface area contributed by atoms with E-state index < -0.39 is 0 Å². The summed E-state index contributed by atoms with van der Waals surface area (Å²) < 4.78 is 5.54. The van der Waals surface area contributed by atoms with Gasteiger partial charge in [0.05, 0.1) is 5.60 Å². The van der Waals surface area contributed by atoms with Crippen LogP contribution in [0.5, 0.6) is 0 Å². The molecule has 0 aliphatic heterocycles. The van der Waals surface area contributed by atoms with Crippen LogP contribution in [0.1, 0.15) is 51.3 Å². The molecule has 1 aromatic carbocycles. The molecule has 0 fully saturated rings. The van der Waals surface area contributed by atoms with Gasteiger partial charge in [-0.15, -0.1) is 0 Å². The quantitative estimate of drug-likeness (QED) is 0.795. The molecule has 0 bridgehead atoms. The summed E-state index contributed by atoms with van der Waals surface area (Å²) in [6, 6.07) is 9.27. The van der Waals surface area contributed by atoms with Gasteiger partial charge in [-0.25, -0.2) is 0 Å². The van der Waals surface area contributed by atoms with Crippen molar-refractivity contribution < 1.29 is 4.74 Å². The molecule has 102 valence electrons. The molecule has 1 atom stereocenters. The number of hydrogen-bond acceptors (Lipinski definition) is 2. The predicted molar refractivity (Wildman–Crippen MR) is 77.9 cm³/mol. The Morgan fingerprint density at radius 1 is 1.17 bits per heavy atom. The van der Waals surface area contributed by atoms with Crippen LogP contribution in [0.4, 0.5) is 0 Å². The van der Waals surface area contributed by atoms with Crippen molar-refractivity contribution in [2.24, 2.45) is 0 Å². The molecule has 1 N–H and O–H groups in total. The first-order valence-electron chi connectivity index (χ1n) is 6.89. The second-order valence-electron chi connectivity index (χ2n) is 5.37. The third-order valence-corrected chi connectivity index (χ3v) is 3.49.